The Labute approximate surface area is 191 Å². The van der Waals surface area contributed by atoms with Crippen molar-refractivity contribution in [2.75, 3.05) is 76.9 Å². The van der Waals surface area contributed by atoms with Gasteiger partial charge in [-0.15, -0.1) is 24.0 Å². The van der Waals surface area contributed by atoms with E-state index in [1.165, 1.54) is 0 Å². The van der Waals surface area contributed by atoms with Crippen LogP contribution < -0.4 is 10.2 Å². The third-order valence-electron chi connectivity index (χ3n) is 5.38. The molecule has 3 heterocycles. The van der Waals surface area contributed by atoms with E-state index in [0.717, 1.165) is 83.8 Å². The van der Waals surface area contributed by atoms with Crippen molar-refractivity contribution in [3.8, 4) is 0 Å². The molecule has 8 nitrogen and oxygen atoms in total. The van der Waals surface area contributed by atoms with Crippen LogP contribution in [0.25, 0.3) is 0 Å². The highest BCUT2D eigenvalue weighted by Gasteiger charge is 2.21. The van der Waals surface area contributed by atoms with Crippen molar-refractivity contribution < 1.29 is 4.79 Å². The fraction of sp³-hybridized carbons (Fsp3) is 0.650. The van der Waals surface area contributed by atoms with E-state index in [0.29, 0.717) is 0 Å². The zero-order valence-electron chi connectivity index (χ0n) is 17.6. The van der Waals surface area contributed by atoms with Crippen LogP contribution in [0.5, 0.6) is 0 Å². The number of amides is 1. The van der Waals surface area contributed by atoms with Crippen molar-refractivity contribution >= 4 is 41.7 Å². The summed E-state index contributed by atoms with van der Waals surface area (Å²) in [4.78, 5) is 29.7. The Morgan fingerprint density at radius 2 is 1.76 bits per heavy atom. The lowest BCUT2D eigenvalue weighted by Gasteiger charge is -2.37. The predicted molar refractivity (Wildman–Crippen MR) is 128 cm³/mol. The number of nitrogens with one attached hydrogen (secondary N) is 1. The van der Waals surface area contributed by atoms with Gasteiger partial charge in [-0.25, -0.2) is 4.98 Å². The molecule has 0 aliphatic carbocycles. The van der Waals surface area contributed by atoms with Gasteiger partial charge in [-0.3, -0.25) is 14.7 Å². The number of hydrogen-bond donors (Lipinski definition) is 1. The molecule has 2 aliphatic rings. The molecular weight excluding hydrogens is 481 g/mol. The zero-order chi connectivity index (χ0) is 19.8. The summed E-state index contributed by atoms with van der Waals surface area (Å²) in [5.41, 5.74) is 0. The summed E-state index contributed by atoms with van der Waals surface area (Å²) < 4.78 is 0. The average Bonchev–Trinajstić information content (AvgIpc) is 2.74. The highest BCUT2D eigenvalue weighted by Crippen LogP contribution is 2.12. The lowest BCUT2D eigenvalue weighted by atomic mass is 10.3. The van der Waals surface area contributed by atoms with Gasteiger partial charge < -0.3 is 20.0 Å². The van der Waals surface area contributed by atoms with Crippen LogP contribution in [0.2, 0.25) is 0 Å². The molecule has 162 valence electrons. The Balaban J connectivity index is 0.00000300. The van der Waals surface area contributed by atoms with Gasteiger partial charge in [0.05, 0.1) is 6.54 Å². The molecule has 0 aromatic carbocycles. The van der Waals surface area contributed by atoms with Crippen molar-refractivity contribution in [3.63, 3.8) is 0 Å². The van der Waals surface area contributed by atoms with Gasteiger partial charge in [0, 0.05) is 78.6 Å². The second-order valence-corrected chi connectivity index (χ2v) is 7.25. The molecule has 0 bridgehead atoms. The molecule has 2 saturated heterocycles. The Morgan fingerprint density at radius 1 is 1.07 bits per heavy atom. The third-order valence-corrected chi connectivity index (χ3v) is 5.38. The van der Waals surface area contributed by atoms with Gasteiger partial charge in [-0.2, -0.15) is 0 Å². The minimum atomic E-state index is 0. The Hall–Kier alpha value is -1.62. The number of aromatic nitrogens is 1. The van der Waals surface area contributed by atoms with E-state index in [-0.39, 0.29) is 29.9 Å². The lowest BCUT2D eigenvalue weighted by molar-refractivity contribution is -0.130. The first-order chi connectivity index (χ1) is 13.7. The number of hydrogen-bond acceptors (Lipinski definition) is 5. The minimum absolute atomic E-state index is 0. The Kier molecular flexibility index (Phi) is 9.92. The molecule has 2 fully saturated rings. The van der Waals surface area contributed by atoms with Crippen LogP contribution in [0, 0.1) is 0 Å². The van der Waals surface area contributed by atoms with Crippen molar-refractivity contribution in [3.05, 3.63) is 24.4 Å². The van der Waals surface area contributed by atoms with E-state index in [1.54, 1.807) is 6.92 Å². The van der Waals surface area contributed by atoms with Crippen molar-refractivity contribution in [1.82, 2.24) is 25.0 Å². The summed E-state index contributed by atoms with van der Waals surface area (Å²) in [5.74, 6) is 2.23. The molecule has 1 N–H and O–H groups in total. The molecule has 2 aliphatic heterocycles. The second kappa shape index (κ2) is 12.2. The van der Waals surface area contributed by atoms with Gasteiger partial charge in [0.15, 0.2) is 5.96 Å². The molecule has 29 heavy (non-hydrogen) atoms. The van der Waals surface area contributed by atoms with E-state index < -0.39 is 0 Å². The number of carbonyl (C=O) groups is 1. The highest BCUT2D eigenvalue weighted by atomic mass is 127. The SMILES string of the molecule is CCNC(=NCCN1CCN(C(C)=O)CC1)N1CCN(c2ccccn2)CC1.I. The molecule has 1 aromatic heterocycles. The van der Waals surface area contributed by atoms with Crippen molar-refractivity contribution in [2.24, 2.45) is 4.99 Å². The number of aliphatic imine (C=N–C) groups is 1. The molecule has 0 atom stereocenters. The predicted octanol–water partition coefficient (Wildman–Crippen LogP) is 0.951. The fourth-order valence-corrected chi connectivity index (χ4v) is 3.70. The smallest absolute Gasteiger partial charge is 0.219 e. The molecule has 0 radical (unpaired) electrons. The number of halogens is 1. The van der Waals surface area contributed by atoms with Gasteiger partial charge in [0.2, 0.25) is 5.91 Å². The van der Waals surface area contributed by atoms with E-state index >= 15 is 0 Å². The summed E-state index contributed by atoms with van der Waals surface area (Å²) in [6.07, 6.45) is 1.85. The van der Waals surface area contributed by atoms with Gasteiger partial charge in [0.25, 0.3) is 0 Å². The standard InChI is InChI=1S/C20H33N7O.HI/c1-3-21-20(23-8-9-24-10-12-25(13-11-24)18(2)28)27-16-14-26(15-17-27)19-6-4-5-7-22-19;/h4-7H,3,8-17H2,1-2H3,(H,21,23);1H. The molecule has 3 rings (SSSR count). The first kappa shape index (κ1) is 23.7. The molecular formula is C20H34IN7O. The maximum absolute atomic E-state index is 11.4. The molecule has 1 aromatic rings. The van der Waals surface area contributed by atoms with Crippen LogP contribution in [0.1, 0.15) is 13.8 Å². The number of piperazine rings is 2. The van der Waals surface area contributed by atoms with Crippen LogP contribution in [-0.2, 0) is 4.79 Å². The number of anilines is 1. The van der Waals surface area contributed by atoms with Crippen LogP contribution in [0.3, 0.4) is 0 Å². The number of pyridine rings is 1. The highest BCUT2D eigenvalue weighted by molar-refractivity contribution is 14.0. The van der Waals surface area contributed by atoms with Gasteiger partial charge >= 0.3 is 0 Å². The Morgan fingerprint density at radius 3 is 2.34 bits per heavy atom. The maximum Gasteiger partial charge on any atom is 0.219 e. The Bertz CT molecular complexity index is 641. The lowest BCUT2D eigenvalue weighted by Crippen LogP contribution is -2.53. The molecule has 9 heteroatoms. The third kappa shape index (κ3) is 6.98. The number of rotatable bonds is 5. The fourth-order valence-electron chi connectivity index (χ4n) is 3.70. The minimum Gasteiger partial charge on any atom is -0.357 e. The number of guanidine groups is 1. The maximum atomic E-state index is 11.4. The van der Waals surface area contributed by atoms with Crippen molar-refractivity contribution in [2.45, 2.75) is 13.8 Å². The van der Waals surface area contributed by atoms with Crippen LogP contribution in [-0.4, -0.2) is 104 Å². The molecule has 0 spiro atoms. The average molecular weight is 515 g/mol. The van der Waals surface area contributed by atoms with E-state index in [1.807, 2.05) is 23.2 Å². The van der Waals surface area contributed by atoms with Gasteiger partial charge in [0.1, 0.15) is 5.82 Å². The normalized spacial score (nSPS) is 18.4. The van der Waals surface area contributed by atoms with E-state index in [9.17, 15) is 4.79 Å². The quantitative estimate of drug-likeness (QED) is 0.358. The summed E-state index contributed by atoms with van der Waals surface area (Å²) in [5, 5.41) is 3.44. The molecule has 1 amide bonds. The van der Waals surface area contributed by atoms with E-state index in [4.69, 9.17) is 4.99 Å². The first-order valence-corrected chi connectivity index (χ1v) is 10.3. The first-order valence-electron chi connectivity index (χ1n) is 10.3. The van der Waals surface area contributed by atoms with Crippen LogP contribution in [0.15, 0.2) is 29.4 Å². The number of carbonyl (C=O) groups excluding carboxylic acids is 1. The largest absolute Gasteiger partial charge is 0.357 e. The topological polar surface area (TPSA) is 67.3 Å². The second-order valence-electron chi connectivity index (χ2n) is 7.25. The number of nitrogens with zero attached hydrogens (tertiary/aromatic N) is 6. The molecule has 0 unspecified atom stereocenters. The van der Waals surface area contributed by atoms with Gasteiger partial charge in [-0.05, 0) is 19.1 Å². The summed E-state index contributed by atoms with van der Waals surface area (Å²) >= 11 is 0. The van der Waals surface area contributed by atoms with Gasteiger partial charge in [-0.1, -0.05) is 6.07 Å². The summed E-state index contributed by atoms with van der Waals surface area (Å²) in [6.45, 7) is 13.7. The molecule has 0 saturated carbocycles. The van der Waals surface area contributed by atoms with E-state index in [2.05, 4.69) is 38.0 Å². The summed E-state index contributed by atoms with van der Waals surface area (Å²) in [7, 11) is 0. The summed E-state index contributed by atoms with van der Waals surface area (Å²) in [6, 6.07) is 6.06. The monoisotopic (exact) mass is 515 g/mol. The van der Waals surface area contributed by atoms with Crippen LogP contribution >= 0.6 is 24.0 Å². The van der Waals surface area contributed by atoms with Crippen LogP contribution in [0.4, 0.5) is 5.82 Å². The van der Waals surface area contributed by atoms with Crippen molar-refractivity contribution in [1.29, 1.82) is 0 Å². The zero-order valence-corrected chi connectivity index (χ0v) is 19.9.